The van der Waals surface area contributed by atoms with Crippen molar-refractivity contribution in [1.29, 1.82) is 0 Å². The number of esters is 3. The second-order valence-electron chi connectivity index (χ2n) is 20.9. The number of nitrogens with two attached hydrogens (primary N) is 1. The molecule has 2 atom stereocenters. The maximum atomic E-state index is 12.9. The average molecular weight is 922 g/mol. The highest BCUT2D eigenvalue weighted by Gasteiger charge is 2.22. The van der Waals surface area contributed by atoms with Crippen molar-refractivity contribution < 1.29 is 28.6 Å². The summed E-state index contributed by atoms with van der Waals surface area (Å²) < 4.78 is 16.9. The Hall–Kier alpha value is -1.67. The molecular weight excluding hydrogens is 809 g/mol. The molecule has 0 fully saturated rings. The molecule has 65 heavy (non-hydrogen) atoms. The van der Waals surface area contributed by atoms with Crippen LogP contribution in [0.15, 0.2) is 0 Å². The monoisotopic (exact) mass is 921 g/mol. The third kappa shape index (κ3) is 50.0. The molecule has 386 valence electrons. The summed E-state index contributed by atoms with van der Waals surface area (Å²) in [4.78, 5) is 37.7. The van der Waals surface area contributed by atoms with Crippen LogP contribution in [0.5, 0.6) is 0 Å². The highest BCUT2D eigenvalue weighted by atomic mass is 16.6. The molecule has 8 heteroatoms. The molecule has 0 spiro atoms. The second kappa shape index (κ2) is 48.8. The number of ether oxygens (including phenoxy) is 3. The lowest BCUT2D eigenvalue weighted by Crippen LogP contribution is -2.37. The molecule has 0 bridgehead atoms. The summed E-state index contributed by atoms with van der Waals surface area (Å²) in [7, 11) is 0. The van der Waals surface area contributed by atoms with E-state index in [0.717, 1.165) is 51.4 Å². The Morgan fingerprint density at radius 1 is 0.446 bits per heavy atom. The molecule has 0 heterocycles. The maximum Gasteiger partial charge on any atom is 0.323 e. The summed E-state index contributed by atoms with van der Waals surface area (Å²) >= 11 is 0. The van der Waals surface area contributed by atoms with Crippen molar-refractivity contribution >= 4 is 17.9 Å². The van der Waals surface area contributed by atoms with Crippen LogP contribution >= 0.6 is 0 Å². The smallest absolute Gasteiger partial charge is 0.323 e. The Kier molecular flexibility index (Phi) is 47.5. The minimum Gasteiger partial charge on any atom is -0.462 e. The van der Waals surface area contributed by atoms with Gasteiger partial charge in [0.05, 0.1) is 0 Å². The quantitative estimate of drug-likeness (QED) is 0.0352. The number of carbonyl (C=O) groups excluding carboxylic acids is 3. The van der Waals surface area contributed by atoms with E-state index in [0.29, 0.717) is 32.4 Å². The predicted molar refractivity (Wildman–Crippen MR) is 277 cm³/mol. The molecule has 0 aliphatic rings. The van der Waals surface area contributed by atoms with Gasteiger partial charge in [-0.15, -0.1) is 0 Å². The van der Waals surface area contributed by atoms with Crippen molar-refractivity contribution in [1.82, 2.24) is 5.32 Å². The average Bonchev–Trinajstić information content (AvgIpc) is 3.27. The van der Waals surface area contributed by atoms with Crippen LogP contribution in [0.4, 0.5) is 0 Å². The van der Waals surface area contributed by atoms with E-state index in [1.54, 1.807) is 0 Å². The molecule has 0 aromatic heterocycles. The Morgan fingerprint density at radius 2 is 0.769 bits per heavy atom. The molecule has 0 rings (SSSR count). The Morgan fingerprint density at radius 3 is 1.11 bits per heavy atom. The molecule has 0 saturated heterocycles. The van der Waals surface area contributed by atoms with E-state index in [1.165, 1.54) is 205 Å². The van der Waals surface area contributed by atoms with Gasteiger partial charge in [0, 0.05) is 19.4 Å². The van der Waals surface area contributed by atoms with Crippen molar-refractivity contribution in [3.63, 3.8) is 0 Å². The van der Waals surface area contributed by atoms with E-state index in [1.807, 2.05) is 20.8 Å². The van der Waals surface area contributed by atoms with Gasteiger partial charge in [-0.3, -0.25) is 14.4 Å². The van der Waals surface area contributed by atoms with Crippen LogP contribution in [-0.2, 0) is 28.6 Å². The van der Waals surface area contributed by atoms with Gasteiger partial charge >= 0.3 is 17.9 Å². The fourth-order valence-corrected chi connectivity index (χ4v) is 8.71. The van der Waals surface area contributed by atoms with Gasteiger partial charge in [0.25, 0.3) is 0 Å². The molecule has 0 saturated carbocycles. The zero-order valence-corrected chi connectivity index (χ0v) is 44.2. The lowest BCUT2D eigenvalue weighted by atomic mass is 10.0. The second-order valence-corrected chi connectivity index (χ2v) is 20.9. The maximum absolute atomic E-state index is 12.9. The number of hydrogen-bond donors (Lipinski definition) is 2. The van der Waals surface area contributed by atoms with Gasteiger partial charge in [-0.2, -0.15) is 0 Å². The van der Waals surface area contributed by atoms with Crippen LogP contribution < -0.4 is 11.1 Å². The molecule has 0 aromatic rings. The lowest BCUT2D eigenvalue weighted by molar-refractivity contribution is -0.159. The minimum atomic E-state index is -0.639. The minimum absolute atomic E-state index is 0.0689. The standard InChI is InChI=1S/C57H112N2O6/c1-6-8-10-12-14-16-18-20-22-24-26-28-30-32-34-36-38-40-42-47-54(60)63-51-52(50-59-49-45-44-46-53(58)56(62)65-57(3,4)5)64-55(61)48-43-41-39-37-35-33-31-29-27-25-23-21-19-17-15-13-11-9-7-2/h52-53,59H,6-51,58H2,1-5H3. The van der Waals surface area contributed by atoms with Crippen molar-refractivity contribution in [2.45, 2.75) is 328 Å². The summed E-state index contributed by atoms with van der Waals surface area (Å²) in [5.74, 6) is -0.806. The SMILES string of the molecule is CCCCCCCCCCCCCCCCCCCCCC(=O)OCC(CNCCCCC(N)C(=O)OC(C)(C)C)OC(=O)CCCCCCCCCCCCCCCCCCCCC. The van der Waals surface area contributed by atoms with Crippen LogP contribution in [0.2, 0.25) is 0 Å². The van der Waals surface area contributed by atoms with Crippen LogP contribution in [0.3, 0.4) is 0 Å². The van der Waals surface area contributed by atoms with Crippen LogP contribution in [0.25, 0.3) is 0 Å². The summed E-state index contributed by atoms with van der Waals surface area (Å²) in [6, 6.07) is -0.639. The molecule has 3 N–H and O–H groups in total. The molecule has 0 amide bonds. The third-order valence-corrected chi connectivity index (χ3v) is 12.9. The number of hydrogen-bond acceptors (Lipinski definition) is 8. The third-order valence-electron chi connectivity index (χ3n) is 12.9. The van der Waals surface area contributed by atoms with E-state index in [4.69, 9.17) is 19.9 Å². The number of nitrogens with one attached hydrogen (secondary N) is 1. The van der Waals surface area contributed by atoms with E-state index in [9.17, 15) is 14.4 Å². The van der Waals surface area contributed by atoms with Gasteiger partial charge in [-0.1, -0.05) is 251 Å². The van der Waals surface area contributed by atoms with E-state index >= 15 is 0 Å². The van der Waals surface area contributed by atoms with Crippen LogP contribution in [0, 0.1) is 0 Å². The first-order valence-electron chi connectivity index (χ1n) is 28.6. The van der Waals surface area contributed by atoms with Crippen molar-refractivity contribution in [3.05, 3.63) is 0 Å². The first kappa shape index (κ1) is 63.3. The fourth-order valence-electron chi connectivity index (χ4n) is 8.71. The van der Waals surface area contributed by atoms with Gasteiger partial charge in [-0.25, -0.2) is 0 Å². The molecule has 0 radical (unpaired) electrons. The van der Waals surface area contributed by atoms with Gasteiger partial charge in [0.15, 0.2) is 0 Å². The van der Waals surface area contributed by atoms with Crippen molar-refractivity contribution in [2.24, 2.45) is 5.73 Å². The Labute approximate surface area is 404 Å². The highest BCUT2D eigenvalue weighted by Crippen LogP contribution is 2.18. The van der Waals surface area contributed by atoms with Crippen molar-refractivity contribution in [2.75, 3.05) is 19.7 Å². The molecule has 8 nitrogen and oxygen atoms in total. The Bertz CT molecular complexity index is 1030. The van der Waals surface area contributed by atoms with Gasteiger partial charge in [-0.05, 0) is 53.0 Å². The predicted octanol–water partition coefficient (Wildman–Crippen LogP) is 16.5. The first-order chi connectivity index (χ1) is 31.6. The highest BCUT2D eigenvalue weighted by molar-refractivity contribution is 5.75. The fraction of sp³-hybridized carbons (Fsp3) is 0.947. The summed E-state index contributed by atoms with van der Waals surface area (Å²) in [5.41, 5.74) is 5.50. The van der Waals surface area contributed by atoms with Crippen LogP contribution in [0.1, 0.15) is 311 Å². The molecule has 0 aliphatic heterocycles. The summed E-state index contributed by atoms with van der Waals surface area (Å²) in [6.45, 7) is 11.3. The van der Waals surface area contributed by atoms with Gasteiger partial charge < -0.3 is 25.3 Å². The van der Waals surface area contributed by atoms with E-state index < -0.39 is 17.7 Å². The van der Waals surface area contributed by atoms with E-state index in [-0.39, 0.29) is 24.5 Å². The first-order valence-corrected chi connectivity index (χ1v) is 28.6. The van der Waals surface area contributed by atoms with E-state index in [2.05, 4.69) is 19.2 Å². The lowest BCUT2D eigenvalue weighted by Gasteiger charge is -2.22. The van der Waals surface area contributed by atoms with Gasteiger partial charge in [0.1, 0.15) is 24.4 Å². The normalized spacial score (nSPS) is 12.6. The molecule has 0 aromatic carbocycles. The van der Waals surface area contributed by atoms with Crippen LogP contribution in [-0.4, -0.2) is 55.4 Å². The molecule has 0 aliphatic carbocycles. The molecular formula is C57H112N2O6. The largest absolute Gasteiger partial charge is 0.462 e. The number of rotatable bonds is 51. The van der Waals surface area contributed by atoms with Crippen molar-refractivity contribution in [3.8, 4) is 0 Å². The number of unbranched alkanes of at least 4 members (excludes halogenated alkanes) is 37. The zero-order chi connectivity index (χ0) is 47.7. The topological polar surface area (TPSA) is 117 Å². The Balaban J connectivity index is 4.21. The zero-order valence-electron chi connectivity index (χ0n) is 44.2. The number of carbonyl (C=O) groups is 3. The summed E-state index contributed by atoms with van der Waals surface area (Å²) in [6.07, 6.45) is 52.6. The molecule has 2 unspecified atom stereocenters. The summed E-state index contributed by atoms with van der Waals surface area (Å²) in [5, 5.41) is 3.37. The van der Waals surface area contributed by atoms with Gasteiger partial charge in [0.2, 0.25) is 0 Å².